The lowest BCUT2D eigenvalue weighted by atomic mass is 10.1. The summed E-state index contributed by atoms with van der Waals surface area (Å²) < 4.78 is 1.87. The monoisotopic (exact) mass is 287 g/mol. The van der Waals surface area contributed by atoms with E-state index < -0.39 is 0 Å². The summed E-state index contributed by atoms with van der Waals surface area (Å²) in [4.78, 5) is 4.51. The smallest absolute Gasteiger partial charge is 0.169 e. The summed E-state index contributed by atoms with van der Waals surface area (Å²) in [5.41, 5.74) is 10.1. The molecule has 0 aliphatic carbocycles. The maximum Gasteiger partial charge on any atom is 0.169 e. The van der Waals surface area contributed by atoms with Gasteiger partial charge in [0.05, 0.1) is 5.69 Å². The van der Waals surface area contributed by atoms with E-state index in [-0.39, 0.29) is 0 Å². The normalized spacial score (nSPS) is 10.9. The molecule has 2 N–H and O–H groups in total. The highest BCUT2D eigenvalue weighted by molar-refractivity contribution is 5.66. The SMILES string of the molecule is Nc1ccc(-c2nnc3cc(-c4ccccc4)ncn23)cc1. The van der Waals surface area contributed by atoms with Crippen LogP contribution in [0.25, 0.3) is 28.3 Å². The lowest BCUT2D eigenvalue weighted by Crippen LogP contribution is -1.93. The maximum absolute atomic E-state index is 5.72. The molecule has 4 rings (SSSR count). The Bertz CT molecular complexity index is 926. The van der Waals surface area contributed by atoms with Crippen LogP contribution in [0.3, 0.4) is 0 Å². The van der Waals surface area contributed by atoms with Crippen LogP contribution < -0.4 is 5.73 Å². The van der Waals surface area contributed by atoms with E-state index in [1.54, 1.807) is 6.33 Å². The van der Waals surface area contributed by atoms with Crippen molar-refractivity contribution < 1.29 is 0 Å². The van der Waals surface area contributed by atoms with Crippen LogP contribution in [-0.4, -0.2) is 19.6 Å². The van der Waals surface area contributed by atoms with Crippen LogP contribution in [0.4, 0.5) is 5.69 Å². The van der Waals surface area contributed by atoms with Gasteiger partial charge in [-0.1, -0.05) is 30.3 Å². The lowest BCUT2D eigenvalue weighted by molar-refractivity contribution is 1.08. The van der Waals surface area contributed by atoms with E-state index in [4.69, 9.17) is 5.73 Å². The Labute approximate surface area is 127 Å². The summed E-state index contributed by atoms with van der Waals surface area (Å²) in [6.45, 7) is 0. The minimum Gasteiger partial charge on any atom is -0.399 e. The average molecular weight is 287 g/mol. The van der Waals surface area contributed by atoms with Crippen molar-refractivity contribution in [2.45, 2.75) is 0 Å². The molecule has 0 fully saturated rings. The van der Waals surface area contributed by atoms with Gasteiger partial charge < -0.3 is 5.73 Å². The number of aromatic nitrogens is 4. The van der Waals surface area contributed by atoms with Gasteiger partial charge in [-0.15, -0.1) is 10.2 Å². The predicted molar refractivity (Wildman–Crippen MR) is 86.1 cm³/mol. The van der Waals surface area contributed by atoms with E-state index in [0.717, 1.165) is 34.0 Å². The fraction of sp³-hybridized carbons (Fsp3) is 0. The largest absolute Gasteiger partial charge is 0.399 e. The third-order valence-corrected chi connectivity index (χ3v) is 3.54. The average Bonchev–Trinajstić information content (AvgIpc) is 2.99. The van der Waals surface area contributed by atoms with Gasteiger partial charge >= 0.3 is 0 Å². The number of fused-ring (bicyclic) bond motifs is 1. The van der Waals surface area contributed by atoms with Crippen molar-refractivity contribution in [2.75, 3.05) is 5.73 Å². The molecule has 0 amide bonds. The van der Waals surface area contributed by atoms with E-state index in [0.29, 0.717) is 0 Å². The first-order valence-electron chi connectivity index (χ1n) is 6.93. The Morgan fingerprint density at radius 1 is 0.818 bits per heavy atom. The van der Waals surface area contributed by atoms with Gasteiger partial charge in [-0.3, -0.25) is 4.40 Å². The highest BCUT2D eigenvalue weighted by atomic mass is 15.3. The number of nitrogen functional groups attached to an aromatic ring is 1. The Kier molecular flexibility index (Phi) is 2.83. The van der Waals surface area contributed by atoms with E-state index in [2.05, 4.69) is 15.2 Å². The topological polar surface area (TPSA) is 69.1 Å². The number of rotatable bonds is 2. The van der Waals surface area contributed by atoms with Crippen molar-refractivity contribution in [1.29, 1.82) is 0 Å². The van der Waals surface area contributed by atoms with Crippen LogP contribution in [0.1, 0.15) is 0 Å². The van der Waals surface area contributed by atoms with Crippen molar-refractivity contribution in [3.63, 3.8) is 0 Å². The molecule has 0 saturated carbocycles. The molecular formula is C17H13N5. The van der Waals surface area contributed by atoms with Crippen molar-refractivity contribution in [1.82, 2.24) is 19.6 Å². The Hall–Kier alpha value is -3.21. The first-order chi connectivity index (χ1) is 10.8. The second-order valence-corrected chi connectivity index (χ2v) is 5.01. The van der Waals surface area contributed by atoms with E-state index in [1.807, 2.05) is 65.1 Å². The molecule has 0 aliphatic rings. The molecule has 0 atom stereocenters. The van der Waals surface area contributed by atoms with Crippen LogP contribution >= 0.6 is 0 Å². The zero-order chi connectivity index (χ0) is 14.9. The summed E-state index contributed by atoms with van der Waals surface area (Å²) >= 11 is 0. The number of anilines is 1. The van der Waals surface area contributed by atoms with Gasteiger partial charge in [-0.05, 0) is 24.3 Å². The Morgan fingerprint density at radius 3 is 2.36 bits per heavy atom. The zero-order valence-electron chi connectivity index (χ0n) is 11.7. The van der Waals surface area contributed by atoms with Crippen molar-refractivity contribution in [3.8, 4) is 22.6 Å². The van der Waals surface area contributed by atoms with Gasteiger partial charge in [0.15, 0.2) is 11.5 Å². The minimum absolute atomic E-state index is 0.724. The third kappa shape index (κ3) is 2.09. The van der Waals surface area contributed by atoms with Gasteiger partial charge in [0.2, 0.25) is 0 Å². The van der Waals surface area contributed by atoms with Crippen molar-refractivity contribution in [3.05, 3.63) is 67.0 Å². The molecule has 0 unspecified atom stereocenters. The summed E-state index contributed by atoms with van der Waals surface area (Å²) in [6.07, 6.45) is 1.75. The molecule has 2 aromatic heterocycles. The van der Waals surface area contributed by atoms with E-state index in [9.17, 15) is 0 Å². The summed E-state index contributed by atoms with van der Waals surface area (Å²) in [5.74, 6) is 0.752. The number of nitrogens with zero attached hydrogens (tertiary/aromatic N) is 4. The predicted octanol–water partition coefficient (Wildman–Crippen LogP) is 3.04. The van der Waals surface area contributed by atoms with Crippen molar-refractivity contribution in [2.24, 2.45) is 0 Å². The lowest BCUT2D eigenvalue weighted by Gasteiger charge is -2.03. The van der Waals surface area contributed by atoms with E-state index >= 15 is 0 Å². The second-order valence-electron chi connectivity index (χ2n) is 5.01. The van der Waals surface area contributed by atoms with Gasteiger partial charge in [0.1, 0.15) is 6.33 Å². The minimum atomic E-state index is 0.724. The van der Waals surface area contributed by atoms with Crippen LogP contribution in [0, 0.1) is 0 Å². The van der Waals surface area contributed by atoms with Gasteiger partial charge in [0.25, 0.3) is 0 Å². The number of benzene rings is 2. The van der Waals surface area contributed by atoms with Crippen LogP contribution in [0.2, 0.25) is 0 Å². The molecule has 22 heavy (non-hydrogen) atoms. The molecule has 5 nitrogen and oxygen atoms in total. The molecule has 0 aliphatic heterocycles. The first kappa shape index (κ1) is 12.5. The quantitative estimate of drug-likeness (QED) is 0.575. The second kappa shape index (κ2) is 4.96. The summed E-state index contributed by atoms with van der Waals surface area (Å²) in [7, 11) is 0. The third-order valence-electron chi connectivity index (χ3n) is 3.54. The van der Waals surface area contributed by atoms with Crippen molar-refractivity contribution >= 4 is 11.3 Å². The molecule has 4 aromatic rings. The van der Waals surface area contributed by atoms with Crippen LogP contribution in [-0.2, 0) is 0 Å². The van der Waals surface area contributed by atoms with Gasteiger partial charge in [-0.2, -0.15) is 0 Å². The molecule has 0 bridgehead atoms. The van der Waals surface area contributed by atoms with E-state index in [1.165, 1.54) is 0 Å². The summed E-state index contributed by atoms with van der Waals surface area (Å²) in [5, 5.41) is 8.51. The highest BCUT2D eigenvalue weighted by Crippen LogP contribution is 2.22. The first-order valence-corrected chi connectivity index (χ1v) is 6.93. The Balaban J connectivity index is 1.82. The number of hydrogen-bond acceptors (Lipinski definition) is 4. The molecule has 2 aromatic carbocycles. The highest BCUT2D eigenvalue weighted by Gasteiger charge is 2.09. The molecule has 2 heterocycles. The molecular weight excluding hydrogens is 274 g/mol. The standard InChI is InChI=1S/C17H13N5/c18-14-8-6-13(7-9-14)17-21-20-16-10-15(19-11-22(16)17)12-4-2-1-3-5-12/h1-11H,18H2. The molecule has 0 radical (unpaired) electrons. The maximum atomic E-state index is 5.72. The number of hydrogen-bond donors (Lipinski definition) is 1. The fourth-order valence-electron chi connectivity index (χ4n) is 2.39. The number of nitrogens with two attached hydrogens (primary N) is 1. The fourth-order valence-corrected chi connectivity index (χ4v) is 2.39. The van der Waals surface area contributed by atoms with Crippen LogP contribution in [0.5, 0.6) is 0 Å². The van der Waals surface area contributed by atoms with Gasteiger partial charge in [0, 0.05) is 22.9 Å². The molecule has 0 spiro atoms. The Morgan fingerprint density at radius 2 is 1.59 bits per heavy atom. The zero-order valence-corrected chi connectivity index (χ0v) is 11.7. The molecule has 106 valence electrons. The molecule has 5 heteroatoms. The molecule has 0 saturated heterocycles. The van der Waals surface area contributed by atoms with Crippen LogP contribution in [0.15, 0.2) is 67.0 Å². The summed E-state index contributed by atoms with van der Waals surface area (Å²) in [6, 6.07) is 19.5. The van der Waals surface area contributed by atoms with Gasteiger partial charge in [-0.25, -0.2) is 4.98 Å².